The lowest BCUT2D eigenvalue weighted by Crippen LogP contribution is -2.31. The van der Waals surface area contributed by atoms with E-state index in [0.29, 0.717) is 30.4 Å². The van der Waals surface area contributed by atoms with E-state index in [1.807, 2.05) is 18.2 Å². The first-order chi connectivity index (χ1) is 11.1. The third-order valence-electron chi connectivity index (χ3n) is 3.54. The smallest absolute Gasteiger partial charge is 0.307 e. The van der Waals surface area contributed by atoms with Gasteiger partial charge in [-0.15, -0.1) is 11.8 Å². The Hall–Kier alpha value is -1.89. The molecule has 1 heterocycles. The lowest BCUT2D eigenvalue weighted by atomic mass is 10.1. The Morgan fingerprint density at radius 1 is 1.30 bits per heavy atom. The summed E-state index contributed by atoms with van der Waals surface area (Å²) in [5.41, 5.74) is 0.817. The second-order valence-corrected chi connectivity index (χ2v) is 5.95. The summed E-state index contributed by atoms with van der Waals surface area (Å²) in [5, 5.41) is -0.233. The van der Waals surface area contributed by atoms with Gasteiger partial charge in [0.15, 0.2) is 0 Å². The minimum atomic E-state index is -0.303. The standard InChI is InChI=1S/C16H21NO5S/c1-4-22-14(19)8-9-17-13(18)10-23-16(17)15-11(20-2)6-5-7-12(15)21-3/h5-7,16H,4,8-10H2,1-3H3. The molecule has 0 aliphatic carbocycles. The van der Waals surface area contributed by atoms with E-state index in [2.05, 4.69) is 0 Å². The number of ether oxygens (including phenoxy) is 3. The number of amides is 1. The number of carbonyl (C=O) groups excluding carboxylic acids is 2. The quantitative estimate of drug-likeness (QED) is 0.710. The molecule has 1 fully saturated rings. The average Bonchev–Trinajstić information content (AvgIpc) is 2.92. The van der Waals surface area contributed by atoms with Crippen LogP contribution < -0.4 is 9.47 Å². The van der Waals surface area contributed by atoms with Gasteiger partial charge < -0.3 is 19.1 Å². The van der Waals surface area contributed by atoms with Gasteiger partial charge in [0.05, 0.1) is 38.6 Å². The molecule has 2 rings (SSSR count). The number of nitrogens with zero attached hydrogens (tertiary/aromatic N) is 1. The van der Waals surface area contributed by atoms with E-state index in [1.165, 1.54) is 11.8 Å². The Morgan fingerprint density at radius 3 is 2.52 bits per heavy atom. The van der Waals surface area contributed by atoms with Crippen molar-refractivity contribution in [2.24, 2.45) is 0 Å². The van der Waals surface area contributed by atoms with Crippen molar-refractivity contribution in [2.75, 3.05) is 33.1 Å². The molecule has 0 radical (unpaired) electrons. The van der Waals surface area contributed by atoms with Gasteiger partial charge in [0.1, 0.15) is 16.9 Å². The molecule has 7 heteroatoms. The van der Waals surface area contributed by atoms with E-state index >= 15 is 0 Å². The van der Waals surface area contributed by atoms with Gasteiger partial charge in [0.25, 0.3) is 0 Å². The van der Waals surface area contributed by atoms with Crippen LogP contribution in [-0.2, 0) is 14.3 Å². The van der Waals surface area contributed by atoms with Crippen molar-refractivity contribution in [3.8, 4) is 11.5 Å². The summed E-state index contributed by atoms with van der Waals surface area (Å²) in [6.45, 7) is 2.42. The van der Waals surface area contributed by atoms with Crippen LogP contribution in [0.15, 0.2) is 18.2 Å². The predicted molar refractivity (Wildman–Crippen MR) is 87.7 cm³/mol. The molecule has 1 atom stereocenters. The van der Waals surface area contributed by atoms with E-state index in [4.69, 9.17) is 14.2 Å². The molecule has 0 bridgehead atoms. The molecule has 1 amide bonds. The summed E-state index contributed by atoms with van der Waals surface area (Å²) in [5.74, 6) is 1.39. The van der Waals surface area contributed by atoms with E-state index in [1.54, 1.807) is 26.0 Å². The number of hydrogen-bond acceptors (Lipinski definition) is 6. The molecule has 0 aromatic heterocycles. The highest BCUT2D eigenvalue weighted by Crippen LogP contribution is 2.46. The Kier molecular flexibility index (Phi) is 6.15. The highest BCUT2D eigenvalue weighted by atomic mass is 32.2. The number of benzene rings is 1. The highest BCUT2D eigenvalue weighted by Gasteiger charge is 2.36. The van der Waals surface area contributed by atoms with Crippen LogP contribution in [0.5, 0.6) is 11.5 Å². The maximum atomic E-state index is 12.2. The third-order valence-corrected chi connectivity index (χ3v) is 4.76. The molecule has 0 spiro atoms. The van der Waals surface area contributed by atoms with Gasteiger partial charge in [-0.25, -0.2) is 0 Å². The number of carbonyl (C=O) groups is 2. The first kappa shape index (κ1) is 17.5. The molecule has 1 unspecified atom stereocenters. The normalized spacial score (nSPS) is 17.3. The topological polar surface area (TPSA) is 65.1 Å². The fourth-order valence-corrected chi connectivity index (χ4v) is 3.77. The first-order valence-electron chi connectivity index (χ1n) is 7.40. The molecule has 1 saturated heterocycles. The summed E-state index contributed by atoms with van der Waals surface area (Å²) in [6, 6.07) is 5.51. The third kappa shape index (κ3) is 3.90. The van der Waals surface area contributed by atoms with Crippen molar-refractivity contribution in [3.05, 3.63) is 23.8 Å². The Balaban J connectivity index is 2.24. The molecule has 126 valence electrons. The van der Waals surface area contributed by atoms with E-state index in [9.17, 15) is 9.59 Å². The number of rotatable bonds is 7. The van der Waals surface area contributed by atoms with Crippen molar-refractivity contribution in [1.29, 1.82) is 0 Å². The molecule has 0 N–H and O–H groups in total. The van der Waals surface area contributed by atoms with E-state index < -0.39 is 0 Å². The molecule has 0 saturated carbocycles. The lowest BCUT2D eigenvalue weighted by molar-refractivity contribution is -0.143. The summed E-state index contributed by atoms with van der Waals surface area (Å²) in [7, 11) is 3.17. The summed E-state index contributed by atoms with van der Waals surface area (Å²) < 4.78 is 15.8. The van der Waals surface area contributed by atoms with Crippen molar-refractivity contribution in [1.82, 2.24) is 4.90 Å². The molecule has 23 heavy (non-hydrogen) atoms. The van der Waals surface area contributed by atoms with Crippen LogP contribution in [0.1, 0.15) is 24.3 Å². The zero-order valence-corrected chi connectivity index (χ0v) is 14.4. The van der Waals surface area contributed by atoms with Crippen molar-refractivity contribution in [3.63, 3.8) is 0 Å². The van der Waals surface area contributed by atoms with Crippen molar-refractivity contribution in [2.45, 2.75) is 18.7 Å². The molecule has 1 aliphatic heterocycles. The zero-order chi connectivity index (χ0) is 16.8. The van der Waals surface area contributed by atoms with Gasteiger partial charge in [0, 0.05) is 6.54 Å². The largest absolute Gasteiger partial charge is 0.496 e. The SMILES string of the molecule is CCOC(=O)CCN1C(=O)CSC1c1c(OC)cccc1OC. The molecular weight excluding hydrogens is 318 g/mol. The number of hydrogen-bond donors (Lipinski definition) is 0. The number of thioether (sulfide) groups is 1. The highest BCUT2D eigenvalue weighted by molar-refractivity contribution is 8.00. The maximum Gasteiger partial charge on any atom is 0.307 e. The van der Waals surface area contributed by atoms with Gasteiger partial charge in [-0.3, -0.25) is 9.59 Å². The van der Waals surface area contributed by atoms with Gasteiger partial charge in [-0.05, 0) is 19.1 Å². The van der Waals surface area contributed by atoms with Crippen LogP contribution in [0.25, 0.3) is 0 Å². The lowest BCUT2D eigenvalue weighted by Gasteiger charge is -2.26. The molecule has 1 aromatic rings. The van der Waals surface area contributed by atoms with Crippen LogP contribution in [0, 0.1) is 0 Å². The summed E-state index contributed by atoms with van der Waals surface area (Å²) in [4.78, 5) is 25.5. The molecule has 6 nitrogen and oxygen atoms in total. The van der Waals surface area contributed by atoms with Crippen LogP contribution in [-0.4, -0.2) is 49.9 Å². The van der Waals surface area contributed by atoms with Crippen LogP contribution in [0.2, 0.25) is 0 Å². The molecule has 1 aromatic carbocycles. The fraction of sp³-hybridized carbons (Fsp3) is 0.500. The van der Waals surface area contributed by atoms with E-state index in [0.717, 1.165) is 5.56 Å². The minimum Gasteiger partial charge on any atom is -0.496 e. The minimum absolute atomic E-state index is 0.00254. The van der Waals surface area contributed by atoms with Gasteiger partial charge in [0.2, 0.25) is 5.91 Å². The van der Waals surface area contributed by atoms with Crippen molar-refractivity contribution < 1.29 is 23.8 Å². The Morgan fingerprint density at radius 2 is 1.96 bits per heavy atom. The first-order valence-corrected chi connectivity index (χ1v) is 8.44. The Bertz CT molecular complexity index is 555. The Labute approximate surface area is 140 Å². The maximum absolute atomic E-state index is 12.2. The number of methoxy groups -OCH3 is 2. The molecule has 1 aliphatic rings. The van der Waals surface area contributed by atoms with Crippen LogP contribution in [0.3, 0.4) is 0 Å². The second kappa shape index (κ2) is 8.10. The van der Waals surface area contributed by atoms with Gasteiger partial charge >= 0.3 is 5.97 Å². The second-order valence-electron chi connectivity index (χ2n) is 4.88. The van der Waals surface area contributed by atoms with Crippen LogP contribution >= 0.6 is 11.8 Å². The molecular formula is C16H21NO5S. The summed E-state index contributed by atoms with van der Waals surface area (Å²) in [6.07, 6.45) is 0.175. The summed E-state index contributed by atoms with van der Waals surface area (Å²) >= 11 is 1.50. The van der Waals surface area contributed by atoms with Crippen LogP contribution in [0.4, 0.5) is 0 Å². The van der Waals surface area contributed by atoms with E-state index in [-0.39, 0.29) is 23.7 Å². The monoisotopic (exact) mass is 339 g/mol. The van der Waals surface area contributed by atoms with Crippen molar-refractivity contribution >= 4 is 23.6 Å². The van der Waals surface area contributed by atoms with Gasteiger partial charge in [-0.2, -0.15) is 0 Å². The zero-order valence-electron chi connectivity index (χ0n) is 13.5. The van der Waals surface area contributed by atoms with Gasteiger partial charge in [-0.1, -0.05) is 6.07 Å². The fourth-order valence-electron chi connectivity index (χ4n) is 2.50. The number of esters is 1. The average molecular weight is 339 g/mol. The predicted octanol–water partition coefficient (Wildman–Crippen LogP) is 2.23.